The van der Waals surface area contributed by atoms with Crippen molar-refractivity contribution in [2.75, 3.05) is 0 Å². The van der Waals surface area contributed by atoms with Gasteiger partial charge in [0.1, 0.15) is 24.0 Å². The fraction of sp³-hybridized carbons (Fsp3) is 0.0769. The maximum atomic E-state index is 9.94. The lowest BCUT2D eigenvalue weighted by molar-refractivity contribution is 0.306. The van der Waals surface area contributed by atoms with Crippen LogP contribution in [-0.4, -0.2) is 10.2 Å². The molecule has 1 unspecified atom stereocenters. The molecule has 0 radical (unpaired) electrons. The average molecular weight is 489 g/mol. The van der Waals surface area contributed by atoms with E-state index in [0.717, 1.165) is 27.9 Å². The quantitative estimate of drug-likeness (QED) is 0.349. The molecular formula is C26H18Cl2N4O2. The second-order valence-electron chi connectivity index (χ2n) is 7.74. The van der Waals surface area contributed by atoms with Crippen molar-refractivity contribution in [2.24, 2.45) is 5.73 Å². The molecule has 1 aromatic heterocycles. The zero-order chi connectivity index (χ0) is 23.7. The van der Waals surface area contributed by atoms with Crippen molar-refractivity contribution in [2.45, 2.75) is 12.5 Å². The second kappa shape index (κ2) is 9.14. The molecule has 3 aromatic carbocycles. The predicted octanol–water partition coefficient (Wildman–Crippen LogP) is 6.18. The van der Waals surface area contributed by atoms with Crippen LogP contribution in [0, 0.1) is 11.3 Å². The molecule has 0 fully saturated rings. The third kappa shape index (κ3) is 4.19. The number of hydrogen-bond donors (Lipinski definition) is 2. The summed E-state index contributed by atoms with van der Waals surface area (Å²) in [4.78, 5) is 0. The van der Waals surface area contributed by atoms with Crippen molar-refractivity contribution in [3.63, 3.8) is 0 Å². The summed E-state index contributed by atoms with van der Waals surface area (Å²) in [7, 11) is 0. The summed E-state index contributed by atoms with van der Waals surface area (Å²) in [5, 5.41) is 18.6. The lowest BCUT2D eigenvalue weighted by Crippen LogP contribution is -2.21. The summed E-state index contributed by atoms with van der Waals surface area (Å²) in [6.07, 6.45) is 0. The van der Waals surface area contributed by atoms with Gasteiger partial charge in [-0.25, -0.2) is 0 Å². The van der Waals surface area contributed by atoms with Gasteiger partial charge in [0.25, 0.3) is 0 Å². The molecule has 0 saturated carbocycles. The van der Waals surface area contributed by atoms with E-state index in [4.69, 9.17) is 38.4 Å². The normalized spacial score (nSPS) is 14.8. The third-order valence-corrected chi connectivity index (χ3v) is 6.09. The molecule has 4 aromatic rings. The molecule has 3 N–H and O–H groups in total. The molecule has 1 aliphatic heterocycles. The second-order valence-corrected chi connectivity index (χ2v) is 8.61. The van der Waals surface area contributed by atoms with Crippen LogP contribution >= 0.6 is 23.2 Å². The minimum Gasteiger partial charge on any atom is -0.489 e. The number of H-pyrrole nitrogens is 1. The largest absolute Gasteiger partial charge is 0.489 e. The standard InChI is InChI=1S/C26H18Cl2N4O2/c27-18-8-4-15(5-9-18)14-33-20-3-1-2-17(12-20)22-21(13-29)25(30)34-26-23(22)24(31-32-26)16-6-10-19(28)11-7-16/h1-12,22H,14,30H2,(H,31,32). The first kappa shape index (κ1) is 21.9. The number of halogens is 2. The van der Waals surface area contributed by atoms with Gasteiger partial charge in [0.05, 0.1) is 17.2 Å². The molecule has 34 heavy (non-hydrogen) atoms. The molecular weight excluding hydrogens is 471 g/mol. The number of nitrogens with zero attached hydrogens (tertiary/aromatic N) is 2. The molecule has 0 amide bonds. The van der Waals surface area contributed by atoms with Crippen LogP contribution in [0.15, 0.2) is 84.3 Å². The number of aromatic amines is 1. The molecule has 0 spiro atoms. The highest BCUT2D eigenvalue weighted by Gasteiger charge is 2.35. The van der Waals surface area contributed by atoms with Crippen LogP contribution < -0.4 is 15.2 Å². The number of nitrogens with two attached hydrogens (primary N) is 1. The Morgan fingerprint density at radius 2 is 1.74 bits per heavy atom. The molecule has 1 aliphatic rings. The monoisotopic (exact) mass is 488 g/mol. The Kier molecular flexibility index (Phi) is 5.89. The van der Waals surface area contributed by atoms with Crippen molar-refractivity contribution in [3.8, 4) is 29.0 Å². The van der Waals surface area contributed by atoms with Crippen molar-refractivity contribution >= 4 is 23.2 Å². The van der Waals surface area contributed by atoms with Crippen molar-refractivity contribution in [1.29, 1.82) is 5.26 Å². The number of nitrogens with one attached hydrogen (secondary N) is 1. The molecule has 5 rings (SSSR count). The topological polar surface area (TPSA) is 97.0 Å². The molecule has 8 heteroatoms. The van der Waals surface area contributed by atoms with E-state index in [9.17, 15) is 5.26 Å². The van der Waals surface area contributed by atoms with Gasteiger partial charge in [-0.15, -0.1) is 5.10 Å². The molecule has 0 bridgehead atoms. The van der Waals surface area contributed by atoms with Gasteiger partial charge in [0, 0.05) is 15.6 Å². The Morgan fingerprint density at radius 1 is 1.03 bits per heavy atom. The fourth-order valence-corrected chi connectivity index (χ4v) is 4.20. The minimum absolute atomic E-state index is 0.0293. The molecule has 1 atom stereocenters. The Morgan fingerprint density at radius 3 is 2.44 bits per heavy atom. The summed E-state index contributed by atoms with van der Waals surface area (Å²) in [6, 6.07) is 24.6. The lowest BCUT2D eigenvalue weighted by atomic mass is 9.83. The highest BCUT2D eigenvalue weighted by molar-refractivity contribution is 6.30. The van der Waals surface area contributed by atoms with Crippen molar-refractivity contribution < 1.29 is 9.47 Å². The summed E-state index contributed by atoms with van der Waals surface area (Å²) in [6.45, 7) is 0.379. The van der Waals surface area contributed by atoms with E-state index in [2.05, 4.69) is 16.3 Å². The Labute approximate surface area is 206 Å². The van der Waals surface area contributed by atoms with Gasteiger partial charge in [0.2, 0.25) is 11.8 Å². The van der Waals surface area contributed by atoms with E-state index < -0.39 is 5.92 Å². The van der Waals surface area contributed by atoms with E-state index in [1.807, 2.05) is 60.7 Å². The van der Waals surface area contributed by atoms with E-state index in [0.29, 0.717) is 33.9 Å². The Bertz CT molecular complexity index is 1420. The third-order valence-electron chi connectivity index (χ3n) is 5.58. The SMILES string of the molecule is N#CC1=C(N)Oc2n[nH]c(-c3ccc(Cl)cc3)c2C1c1cccc(OCc2ccc(Cl)cc2)c1. The summed E-state index contributed by atoms with van der Waals surface area (Å²) in [5.74, 6) is 0.533. The highest BCUT2D eigenvalue weighted by atomic mass is 35.5. The number of allylic oxidation sites excluding steroid dienone is 1. The highest BCUT2D eigenvalue weighted by Crippen LogP contribution is 2.46. The number of ether oxygens (including phenoxy) is 2. The number of aromatic nitrogens is 2. The maximum Gasteiger partial charge on any atom is 0.244 e. The van der Waals surface area contributed by atoms with Crippen molar-refractivity contribution in [3.05, 3.63) is 111 Å². The van der Waals surface area contributed by atoms with Gasteiger partial charge in [-0.2, -0.15) is 5.26 Å². The summed E-state index contributed by atoms with van der Waals surface area (Å²) >= 11 is 12.0. The predicted molar refractivity (Wildman–Crippen MR) is 131 cm³/mol. The van der Waals surface area contributed by atoms with Gasteiger partial charge >= 0.3 is 0 Å². The first-order valence-electron chi connectivity index (χ1n) is 10.4. The maximum absolute atomic E-state index is 9.94. The number of nitriles is 1. The van der Waals surface area contributed by atoms with Crippen LogP contribution in [0.2, 0.25) is 10.0 Å². The summed E-state index contributed by atoms with van der Waals surface area (Å²) in [5.41, 5.74) is 10.5. The van der Waals surface area contributed by atoms with E-state index in [1.165, 1.54) is 0 Å². The van der Waals surface area contributed by atoms with Gasteiger partial charge in [-0.1, -0.05) is 59.6 Å². The van der Waals surface area contributed by atoms with Crippen LogP contribution in [0.25, 0.3) is 11.3 Å². The van der Waals surface area contributed by atoms with Crippen LogP contribution in [0.3, 0.4) is 0 Å². The van der Waals surface area contributed by atoms with E-state index in [1.54, 1.807) is 12.1 Å². The average Bonchev–Trinajstić information content (AvgIpc) is 3.26. The number of rotatable bonds is 5. The Balaban J connectivity index is 1.53. The smallest absolute Gasteiger partial charge is 0.244 e. The first-order chi connectivity index (χ1) is 16.5. The van der Waals surface area contributed by atoms with E-state index >= 15 is 0 Å². The summed E-state index contributed by atoms with van der Waals surface area (Å²) < 4.78 is 11.7. The number of fused-ring (bicyclic) bond motifs is 1. The van der Waals surface area contributed by atoms with Crippen LogP contribution in [-0.2, 0) is 6.61 Å². The number of hydrogen-bond acceptors (Lipinski definition) is 5. The first-order valence-corrected chi connectivity index (χ1v) is 11.2. The van der Waals surface area contributed by atoms with Gasteiger partial charge < -0.3 is 15.2 Å². The zero-order valence-electron chi connectivity index (χ0n) is 17.8. The fourth-order valence-electron chi connectivity index (χ4n) is 3.95. The number of benzene rings is 3. The zero-order valence-corrected chi connectivity index (χ0v) is 19.3. The van der Waals surface area contributed by atoms with Gasteiger partial charge in [-0.05, 0) is 47.5 Å². The lowest BCUT2D eigenvalue weighted by Gasteiger charge is -2.24. The molecule has 2 heterocycles. The Hall–Kier alpha value is -3.92. The van der Waals surface area contributed by atoms with E-state index in [-0.39, 0.29) is 5.88 Å². The van der Waals surface area contributed by atoms with Crippen molar-refractivity contribution in [1.82, 2.24) is 10.2 Å². The van der Waals surface area contributed by atoms with Crippen LogP contribution in [0.1, 0.15) is 22.6 Å². The molecule has 0 saturated heterocycles. The molecule has 168 valence electrons. The van der Waals surface area contributed by atoms with Gasteiger partial charge in [0.15, 0.2) is 0 Å². The molecule has 0 aliphatic carbocycles. The van der Waals surface area contributed by atoms with Crippen LogP contribution in [0.4, 0.5) is 0 Å². The minimum atomic E-state index is -0.489. The molecule has 6 nitrogen and oxygen atoms in total. The van der Waals surface area contributed by atoms with Gasteiger partial charge in [-0.3, -0.25) is 5.10 Å². The van der Waals surface area contributed by atoms with Crippen LogP contribution in [0.5, 0.6) is 11.6 Å².